The van der Waals surface area contributed by atoms with Crippen LogP contribution in [0.3, 0.4) is 0 Å². The van der Waals surface area contributed by atoms with Gasteiger partial charge in [0.15, 0.2) is 0 Å². The molecule has 5 heteroatoms. The van der Waals surface area contributed by atoms with Crippen molar-refractivity contribution in [2.75, 3.05) is 6.54 Å². The van der Waals surface area contributed by atoms with Crippen LogP contribution in [0.2, 0.25) is 0 Å². The third-order valence-corrected chi connectivity index (χ3v) is 4.07. The molecule has 4 nitrogen and oxygen atoms in total. The third-order valence-electron chi connectivity index (χ3n) is 3.19. The maximum Gasteiger partial charge on any atom is 0.244 e. The van der Waals surface area contributed by atoms with Gasteiger partial charge in [0.05, 0.1) is 11.1 Å². The number of hydrogen-bond acceptors (Lipinski definition) is 4. The van der Waals surface area contributed by atoms with Crippen LogP contribution in [0.1, 0.15) is 37.6 Å². The summed E-state index contributed by atoms with van der Waals surface area (Å²) in [5.74, 6) is 0.0118. The summed E-state index contributed by atoms with van der Waals surface area (Å²) in [5.41, 5.74) is -0.348. The van der Waals surface area contributed by atoms with Crippen molar-refractivity contribution >= 4 is 23.3 Å². The number of aliphatic hydroxyl groups is 1. The van der Waals surface area contributed by atoms with Crippen molar-refractivity contribution in [1.29, 1.82) is 0 Å². The summed E-state index contributed by atoms with van der Waals surface area (Å²) in [6.45, 7) is 10.2. The molecule has 2 N–H and O–H groups in total. The maximum atomic E-state index is 11.8. The van der Waals surface area contributed by atoms with Crippen LogP contribution in [0.4, 0.5) is 0 Å². The van der Waals surface area contributed by atoms with Crippen LogP contribution in [-0.4, -0.2) is 28.6 Å². The highest BCUT2D eigenvalue weighted by Gasteiger charge is 2.30. The van der Waals surface area contributed by atoms with E-state index in [2.05, 4.69) is 10.3 Å². The number of hydrogen-bond donors (Lipinski definition) is 2. The molecule has 1 rings (SSSR count). The number of carbonyl (C=O) groups excluding carboxylic acids is 1. The first-order valence-electron chi connectivity index (χ1n) is 6.79. The van der Waals surface area contributed by atoms with Gasteiger partial charge in [0.25, 0.3) is 0 Å². The summed E-state index contributed by atoms with van der Waals surface area (Å²) in [6, 6.07) is 0. The molecule has 1 aromatic rings. The van der Waals surface area contributed by atoms with Gasteiger partial charge in [0.1, 0.15) is 0 Å². The van der Waals surface area contributed by atoms with E-state index in [9.17, 15) is 9.90 Å². The monoisotopic (exact) mass is 296 g/mol. The number of aliphatic hydroxyl groups excluding tert-OH is 1. The number of nitrogens with zero attached hydrogens (tertiary/aromatic N) is 1. The van der Waals surface area contributed by atoms with Crippen LogP contribution in [0.15, 0.2) is 12.3 Å². The molecule has 0 aliphatic rings. The van der Waals surface area contributed by atoms with Crippen molar-refractivity contribution in [3.63, 3.8) is 0 Å². The zero-order valence-electron chi connectivity index (χ0n) is 12.8. The minimum atomic E-state index is -0.448. The van der Waals surface area contributed by atoms with Crippen molar-refractivity contribution in [2.45, 2.75) is 40.7 Å². The van der Waals surface area contributed by atoms with E-state index < -0.39 is 6.10 Å². The van der Waals surface area contributed by atoms with Gasteiger partial charge in [-0.25, -0.2) is 4.98 Å². The van der Waals surface area contributed by atoms with Crippen molar-refractivity contribution in [3.8, 4) is 0 Å². The number of thiazole rings is 1. The largest absolute Gasteiger partial charge is 0.392 e. The predicted octanol–water partition coefficient (Wildman–Crippen LogP) is 2.62. The average molecular weight is 296 g/mol. The first-order valence-corrected chi connectivity index (χ1v) is 7.60. The number of nitrogens with one attached hydrogen (secondary N) is 1. The highest BCUT2D eigenvalue weighted by molar-refractivity contribution is 7.12. The van der Waals surface area contributed by atoms with Crippen molar-refractivity contribution in [1.82, 2.24) is 10.3 Å². The van der Waals surface area contributed by atoms with Crippen molar-refractivity contribution < 1.29 is 9.90 Å². The summed E-state index contributed by atoms with van der Waals surface area (Å²) in [7, 11) is 0. The molecule has 1 atom stereocenters. The first kappa shape index (κ1) is 16.9. The Hall–Kier alpha value is -1.20. The molecule has 0 aliphatic carbocycles. The molecule has 1 unspecified atom stereocenters. The SMILES string of the molecule is Cc1ncc(/C=C/C(=O)NCC(C)(C)C(O)C(C)C)s1. The molecule has 1 heterocycles. The summed E-state index contributed by atoms with van der Waals surface area (Å²) in [5, 5.41) is 13.9. The van der Waals surface area contributed by atoms with Crippen LogP contribution in [0.25, 0.3) is 6.08 Å². The van der Waals surface area contributed by atoms with Gasteiger partial charge < -0.3 is 10.4 Å². The van der Waals surface area contributed by atoms with Gasteiger partial charge in [-0.2, -0.15) is 0 Å². The summed E-state index contributed by atoms with van der Waals surface area (Å²) >= 11 is 1.54. The zero-order chi connectivity index (χ0) is 15.3. The van der Waals surface area contributed by atoms with Gasteiger partial charge in [-0.1, -0.05) is 27.7 Å². The van der Waals surface area contributed by atoms with E-state index in [-0.39, 0.29) is 17.2 Å². The lowest BCUT2D eigenvalue weighted by atomic mass is 9.81. The smallest absolute Gasteiger partial charge is 0.244 e. The van der Waals surface area contributed by atoms with Crippen LogP contribution in [-0.2, 0) is 4.79 Å². The summed E-state index contributed by atoms with van der Waals surface area (Å²) in [4.78, 5) is 16.8. The number of aryl methyl sites for hydroxylation is 1. The Labute approximate surface area is 124 Å². The molecule has 0 bridgehead atoms. The molecule has 0 aromatic carbocycles. The number of rotatable bonds is 6. The highest BCUT2D eigenvalue weighted by atomic mass is 32.1. The molecule has 112 valence electrons. The molecule has 0 spiro atoms. The number of aromatic nitrogens is 1. The van der Waals surface area contributed by atoms with Crippen LogP contribution >= 0.6 is 11.3 Å². The molecule has 20 heavy (non-hydrogen) atoms. The summed E-state index contributed by atoms with van der Waals surface area (Å²) < 4.78 is 0. The normalized spacial score (nSPS) is 13.9. The van der Waals surface area contributed by atoms with Gasteiger partial charge >= 0.3 is 0 Å². The lowest BCUT2D eigenvalue weighted by Gasteiger charge is -2.33. The quantitative estimate of drug-likeness (QED) is 0.793. The molecular weight excluding hydrogens is 272 g/mol. The number of carbonyl (C=O) groups is 1. The molecule has 0 saturated carbocycles. The van der Waals surface area contributed by atoms with E-state index in [1.807, 2.05) is 34.6 Å². The van der Waals surface area contributed by atoms with Crippen LogP contribution in [0.5, 0.6) is 0 Å². The average Bonchev–Trinajstić information content (AvgIpc) is 2.78. The Morgan fingerprint density at radius 2 is 2.20 bits per heavy atom. The Morgan fingerprint density at radius 3 is 2.70 bits per heavy atom. The molecule has 0 saturated heterocycles. The minimum Gasteiger partial charge on any atom is -0.392 e. The lowest BCUT2D eigenvalue weighted by Crippen LogP contribution is -2.43. The fourth-order valence-corrected chi connectivity index (χ4v) is 2.68. The first-order chi connectivity index (χ1) is 9.22. The van der Waals surface area contributed by atoms with E-state index in [4.69, 9.17) is 0 Å². The zero-order valence-corrected chi connectivity index (χ0v) is 13.6. The Kier molecular flexibility index (Phi) is 5.89. The van der Waals surface area contributed by atoms with Gasteiger partial charge in [0.2, 0.25) is 5.91 Å². The van der Waals surface area contributed by atoms with Crippen molar-refractivity contribution in [3.05, 3.63) is 22.2 Å². The van der Waals surface area contributed by atoms with E-state index in [0.29, 0.717) is 6.54 Å². The standard InChI is InChI=1S/C15H24N2O2S/c1-10(2)14(19)15(4,5)9-17-13(18)7-6-12-8-16-11(3)20-12/h6-8,10,14,19H,9H2,1-5H3,(H,17,18)/b7-6+. The Balaban J connectivity index is 2.49. The Bertz CT molecular complexity index is 478. The van der Waals surface area contributed by atoms with E-state index in [1.54, 1.807) is 23.6 Å². The second-order valence-corrected chi connectivity index (χ2v) is 7.28. The van der Waals surface area contributed by atoms with Crippen molar-refractivity contribution in [2.24, 2.45) is 11.3 Å². The maximum absolute atomic E-state index is 11.8. The van der Waals surface area contributed by atoms with Gasteiger partial charge in [-0.3, -0.25) is 4.79 Å². The fourth-order valence-electron chi connectivity index (χ4n) is 1.99. The fraction of sp³-hybridized carbons (Fsp3) is 0.600. The van der Waals surface area contributed by atoms with Gasteiger partial charge in [-0.15, -0.1) is 11.3 Å². The van der Waals surface area contributed by atoms with E-state index >= 15 is 0 Å². The molecule has 0 fully saturated rings. The minimum absolute atomic E-state index is 0.153. The van der Waals surface area contributed by atoms with Crippen LogP contribution < -0.4 is 5.32 Å². The predicted molar refractivity (Wildman–Crippen MR) is 83.5 cm³/mol. The molecule has 1 amide bonds. The topological polar surface area (TPSA) is 62.2 Å². The Morgan fingerprint density at radius 1 is 1.55 bits per heavy atom. The number of amides is 1. The van der Waals surface area contributed by atoms with Gasteiger partial charge in [0, 0.05) is 29.1 Å². The lowest BCUT2D eigenvalue weighted by molar-refractivity contribution is -0.117. The third kappa shape index (κ3) is 5.06. The second-order valence-electron chi connectivity index (χ2n) is 6.01. The van der Waals surface area contributed by atoms with E-state index in [0.717, 1.165) is 9.88 Å². The van der Waals surface area contributed by atoms with E-state index in [1.165, 1.54) is 6.08 Å². The molecule has 0 radical (unpaired) electrons. The molecule has 1 aromatic heterocycles. The molecule has 0 aliphatic heterocycles. The second kappa shape index (κ2) is 6.99. The molecular formula is C15H24N2O2S. The van der Waals surface area contributed by atoms with Crippen LogP contribution in [0, 0.1) is 18.3 Å². The summed E-state index contributed by atoms with van der Waals surface area (Å²) in [6.07, 6.45) is 4.56. The highest BCUT2D eigenvalue weighted by Crippen LogP contribution is 2.25. The van der Waals surface area contributed by atoms with Gasteiger partial charge in [-0.05, 0) is 18.9 Å².